The summed E-state index contributed by atoms with van der Waals surface area (Å²) in [7, 11) is -3.82. The fourth-order valence-corrected chi connectivity index (χ4v) is 3.54. The van der Waals surface area contributed by atoms with Crippen molar-refractivity contribution >= 4 is 32.2 Å². The van der Waals surface area contributed by atoms with Crippen LogP contribution in [-0.2, 0) is 10.0 Å². The lowest BCUT2D eigenvalue weighted by Crippen LogP contribution is -2.18. The molecule has 2 aromatic heterocycles. The van der Waals surface area contributed by atoms with Gasteiger partial charge in [-0.1, -0.05) is 0 Å². The summed E-state index contributed by atoms with van der Waals surface area (Å²) in [5.74, 6) is 5.27. The lowest BCUT2D eigenvalue weighted by Gasteiger charge is -2.08. The number of thiazole rings is 1. The van der Waals surface area contributed by atoms with Crippen molar-refractivity contribution in [3.63, 3.8) is 0 Å². The molecule has 0 atom stereocenters. The standard InChI is InChI=1S/C10H13N5O2S2/c1-6-7(2)18-10(13-6)15-19(16,17)9-8(14-11)4-3-5-12-9/h3-5,14H,11H2,1-2H3,(H,13,15). The Kier molecular flexibility index (Phi) is 3.69. The van der Waals surface area contributed by atoms with Gasteiger partial charge in [0.25, 0.3) is 10.0 Å². The Hall–Kier alpha value is -1.71. The van der Waals surface area contributed by atoms with Crippen molar-refractivity contribution in [2.45, 2.75) is 18.9 Å². The molecule has 0 unspecified atom stereocenters. The van der Waals surface area contributed by atoms with Crippen LogP contribution in [0.4, 0.5) is 10.8 Å². The van der Waals surface area contributed by atoms with Crippen molar-refractivity contribution in [1.82, 2.24) is 9.97 Å². The number of rotatable bonds is 4. The molecule has 0 aliphatic carbocycles. The first-order valence-electron chi connectivity index (χ1n) is 5.32. The van der Waals surface area contributed by atoms with Crippen molar-refractivity contribution in [1.29, 1.82) is 0 Å². The summed E-state index contributed by atoms with van der Waals surface area (Å²) in [6.45, 7) is 3.69. The van der Waals surface area contributed by atoms with Crippen molar-refractivity contribution in [2.24, 2.45) is 5.84 Å². The fraction of sp³-hybridized carbons (Fsp3) is 0.200. The van der Waals surface area contributed by atoms with Crippen LogP contribution in [0.15, 0.2) is 23.4 Å². The van der Waals surface area contributed by atoms with Gasteiger partial charge in [0, 0.05) is 11.1 Å². The van der Waals surface area contributed by atoms with Crippen molar-refractivity contribution < 1.29 is 8.42 Å². The zero-order valence-corrected chi connectivity index (χ0v) is 12.0. The molecular formula is C10H13N5O2S2. The highest BCUT2D eigenvalue weighted by atomic mass is 32.2. The van der Waals surface area contributed by atoms with E-state index >= 15 is 0 Å². The second-order valence-electron chi connectivity index (χ2n) is 3.77. The maximum atomic E-state index is 12.2. The fourth-order valence-electron chi connectivity index (χ4n) is 1.39. The van der Waals surface area contributed by atoms with Gasteiger partial charge >= 0.3 is 0 Å². The van der Waals surface area contributed by atoms with Crippen LogP contribution in [0.25, 0.3) is 0 Å². The highest BCUT2D eigenvalue weighted by Gasteiger charge is 2.21. The molecule has 0 aliphatic rings. The van der Waals surface area contributed by atoms with Gasteiger partial charge < -0.3 is 5.43 Å². The van der Waals surface area contributed by atoms with Crippen LogP contribution in [0.2, 0.25) is 0 Å². The Morgan fingerprint density at radius 3 is 2.68 bits per heavy atom. The van der Waals surface area contributed by atoms with Gasteiger partial charge in [-0.3, -0.25) is 10.6 Å². The quantitative estimate of drug-likeness (QED) is 0.579. The number of nitrogen functional groups attached to an aromatic ring is 1. The number of sulfonamides is 1. The van der Waals surface area contributed by atoms with E-state index in [0.29, 0.717) is 5.13 Å². The summed E-state index contributed by atoms with van der Waals surface area (Å²) < 4.78 is 26.8. The minimum Gasteiger partial charge on any atom is -0.321 e. The second kappa shape index (κ2) is 5.11. The summed E-state index contributed by atoms with van der Waals surface area (Å²) in [6, 6.07) is 3.12. The first-order chi connectivity index (χ1) is 8.94. The van der Waals surface area contributed by atoms with E-state index in [1.807, 2.05) is 13.8 Å². The predicted molar refractivity (Wildman–Crippen MR) is 74.4 cm³/mol. The third kappa shape index (κ3) is 2.83. The van der Waals surface area contributed by atoms with Gasteiger partial charge in [-0.15, -0.1) is 11.3 Å². The highest BCUT2D eigenvalue weighted by Crippen LogP contribution is 2.25. The molecule has 0 saturated carbocycles. The Labute approximate surface area is 114 Å². The molecule has 2 rings (SSSR count). The second-order valence-corrected chi connectivity index (χ2v) is 6.57. The summed E-state index contributed by atoms with van der Waals surface area (Å²) in [6.07, 6.45) is 1.38. The summed E-state index contributed by atoms with van der Waals surface area (Å²) in [4.78, 5) is 8.91. The largest absolute Gasteiger partial charge is 0.321 e. The average molecular weight is 299 g/mol. The molecule has 0 aromatic carbocycles. The molecule has 0 spiro atoms. The number of nitrogens with zero attached hydrogens (tertiary/aromatic N) is 2. The Bertz CT molecular complexity index is 676. The van der Waals surface area contributed by atoms with Crippen molar-refractivity contribution in [2.75, 3.05) is 10.1 Å². The van der Waals surface area contributed by atoms with E-state index in [9.17, 15) is 8.42 Å². The third-order valence-corrected chi connectivity index (χ3v) is 4.85. The zero-order chi connectivity index (χ0) is 14.0. The molecule has 0 bridgehead atoms. The lowest BCUT2D eigenvalue weighted by atomic mass is 10.4. The monoisotopic (exact) mass is 299 g/mol. The van der Waals surface area contributed by atoms with Gasteiger partial charge in [0.05, 0.1) is 11.4 Å². The highest BCUT2D eigenvalue weighted by molar-refractivity contribution is 7.93. The third-order valence-electron chi connectivity index (χ3n) is 2.43. The van der Waals surface area contributed by atoms with Crippen LogP contribution in [0.3, 0.4) is 0 Å². The number of nitrogens with two attached hydrogens (primary N) is 1. The van der Waals surface area contributed by atoms with E-state index < -0.39 is 10.0 Å². The molecule has 19 heavy (non-hydrogen) atoms. The number of aryl methyl sites for hydroxylation is 2. The van der Waals surface area contributed by atoms with Crippen LogP contribution in [0.5, 0.6) is 0 Å². The lowest BCUT2D eigenvalue weighted by molar-refractivity contribution is 0.598. The SMILES string of the molecule is Cc1nc(NS(=O)(=O)c2ncccc2NN)sc1C. The molecule has 2 aromatic rings. The Morgan fingerprint density at radius 2 is 2.11 bits per heavy atom. The maximum Gasteiger partial charge on any atom is 0.283 e. The maximum absolute atomic E-state index is 12.2. The molecule has 9 heteroatoms. The topological polar surface area (TPSA) is 110 Å². The molecule has 0 aliphatic heterocycles. The van der Waals surface area contributed by atoms with Gasteiger partial charge in [-0.05, 0) is 26.0 Å². The predicted octanol–water partition coefficient (Wildman–Crippen LogP) is 1.24. The number of pyridine rings is 1. The average Bonchev–Trinajstić information content (AvgIpc) is 2.67. The van der Waals surface area contributed by atoms with Crippen LogP contribution >= 0.6 is 11.3 Å². The number of aromatic nitrogens is 2. The normalized spacial score (nSPS) is 11.3. The van der Waals surface area contributed by atoms with Gasteiger partial charge in [0.15, 0.2) is 5.13 Å². The molecule has 0 amide bonds. The summed E-state index contributed by atoms with van der Waals surface area (Å²) in [5, 5.41) is 0.145. The van der Waals surface area contributed by atoms with Crippen molar-refractivity contribution in [3.8, 4) is 0 Å². The molecule has 0 saturated heterocycles. The zero-order valence-electron chi connectivity index (χ0n) is 10.3. The van der Waals surface area contributed by atoms with Gasteiger partial charge in [0.1, 0.15) is 0 Å². The number of hydrogen-bond acceptors (Lipinski definition) is 7. The van der Waals surface area contributed by atoms with Crippen molar-refractivity contribution in [3.05, 3.63) is 28.9 Å². The van der Waals surface area contributed by atoms with E-state index in [1.54, 1.807) is 6.07 Å². The number of hydrazine groups is 1. The Balaban J connectivity index is 2.37. The van der Waals surface area contributed by atoms with E-state index in [4.69, 9.17) is 5.84 Å². The first-order valence-corrected chi connectivity index (χ1v) is 7.62. The van der Waals surface area contributed by atoms with Crippen LogP contribution in [-0.4, -0.2) is 18.4 Å². The smallest absolute Gasteiger partial charge is 0.283 e. The molecule has 102 valence electrons. The van der Waals surface area contributed by atoms with Gasteiger partial charge in [-0.25, -0.2) is 9.97 Å². The molecule has 7 nitrogen and oxygen atoms in total. The summed E-state index contributed by atoms with van der Waals surface area (Å²) >= 11 is 1.27. The summed E-state index contributed by atoms with van der Waals surface area (Å²) in [5.41, 5.74) is 3.32. The molecule has 0 fully saturated rings. The minimum absolute atomic E-state index is 0.164. The minimum atomic E-state index is -3.82. The van der Waals surface area contributed by atoms with Crippen LogP contribution < -0.4 is 16.0 Å². The molecular weight excluding hydrogens is 286 g/mol. The van der Waals surface area contributed by atoms with E-state index in [-0.39, 0.29) is 10.7 Å². The van der Waals surface area contributed by atoms with Gasteiger partial charge in [-0.2, -0.15) is 8.42 Å². The van der Waals surface area contributed by atoms with Crippen LogP contribution in [0, 0.1) is 13.8 Å². The first kappa shape index (κ1) is 13.7. The number of hydrogen-bond donors (Lipinski definition) is 3. The van der Waals surface area contributed by atoms with Gasteiger partial charge in [0.2, 0.25) is 5.03 Å². The van der Waals surface area contributed by atoms with E-state index in [0.717, 1.165) is 10.6 Å². The van der Waals surface area contributed by atoms with Crippen LogP contribution in [0.1, 0.15) is 10.6 Å². The molecule has 2 heterocycles. The van der Waals surface area contributed by atoms with E-state index in [1.165, 1.54) is 23.6 Å². The molecule has 4 N–H and O–H groups in total. The molecule has 0 radical (unpaired) electrons. The Morgan fingerprint density at radius 1 is 1.37 bits per heavy atom. The number of nitrogens with one attached hydrogen (secondary N) is 2. The van der Waals surface area contributed by atoms with E-state index in [2.05, 4.69) is 20.1 Å². The number of anilines is 2.